The first-order chi connectivity index (χ1) is 9.49. The largest absolute Gasteiger partial charge is 0.438 e. The molecule has 0 atom stereocenters. The molecule has 2 rings (SSSR count). The van der Waals surface area contributed by atoms with Crippen molar-refractivity contribution in [1.82, 2.24) is 9.88 Å². The summed E-state index contributed by atoms with van der Waals surface area (Å²) < 4.78 is 6.30. The number of rotatable bonds is 3. The van der Waals surface area contributed by atoms with Crippen LogP contribution in [0.15, 0.2) is 41.0 Å². The molecule has 0 aliphatic heterocycles. The van der Waals surface area contributed by atoms with E-state index in [0.29, 0.717) is 27.4 Å². The summed E-state index contributed by atoms with van der Waals surface area (Å²) in [4.78, 5) is 17.3. The predicted molar refractivity (Wildman–Crippen MR) is 80.9 cm³/mol. The highest BCUT2D eigenvalue weighted by Crippen LogP contribution is 2.33. The van der Waals surface area contributed by atoms with Gasteiger partial charge in [0.15, 0.2) is 0 Å². The zero-order chi connectivity index (χ0) is 14.7. The van der Waals surface area contributed by atoms with E-state index in [2.05, 4.69) is 20.9 Å². The molecule has 104 valence electrons. The number of hydrogen-bond donors (Lipinski definition) is 1. The van der Waals surface area contributed by atoms with Crippen LogP contribution in [0.5, 0.6) is 11.6 Å². The zero-order valence-corrected chi connectivity index (χ0v) is 12.7. The minimum absolute atomic E-state index is 0.103. The van der Waals surface area contributed by atoms with Crippen molar-refractivity contribution in [3.05, 3.63) is 46.6 Å². The average Bonchev–Trinajstić information content (AvgIpc) is 2.44. The molecule has 1 amide bonds. The molecule has 0 spiro atoms. The first-order valence-electron chi connectivity index (χ1n) is 5.88. The molecule has 0 saturated heterocycles. The number of nitrogen functional groups attached to an aromatic ring is 1. The molecule has 2 aromatic rings. The van der Waals surface area contributed by atoms with Gasteiger partial charge < -0.3 is 15.4 Å². The van der Waals surface area contributed by atoms with Crippen molar-refractivity contribution in [1.29, 1.82) is 0 Å². The number of halogens is 1. The molecular formula is C14H14BrN3O2. The average molecular weight is 336 g/mol. The van der Waals surface area contributed by atoms with Crippen LogP contribution in [0.1, 0.15) is 10.4 Å². The van der Waals surface area contributed by atoms with Gasteiger partial charge in [-0.1, -0.05) is 6.07 Å². The van der Waals surface area contributed by atoms with Crippen molar-refractivity contribution in [2.75, 3.05) is 19.8 Å². The van der Waals surface area contributed by atoms with Crippen molar-refractivity contribution in [2.45, 2.75) is 0 Å². The molecule has 0 aliphatic carbocycles. The van der Waals surface area contributed by atoms with Crippen molar-refractivity contribution in [3.63, 3.8) is 0 Å². The summed E-state index contributed by atoms with van der Waals surface area (Å²) in [5.41, 5.74) is 6.87. The van der Waals surface area contributed by atoms with Gasteiger partial charge in [0, 0.05) is 32.0 Å². The summed E-state index contributed by atoms with van der Waals surface area (Å²) in [6, 6.07) is 8.65. The maximum atomic E-state index is 11.7. The predicted octanol–water partition coefficient (Wildman–Crippen LogP) is 2.92. The number of nitrogens with zero attached hydrogens (tertiary/aromatic N) is 2. The Balaban J connectivity index is 2.19. The van der Waals surface area contributed by atoms with Gasteiger partial charge in [0.2, 0.25) is 5.88 Å². The van der Waals surface area contributed by atoms with Crippen LogP contribution in [0.25, 0.3) is 0 Å². The van der Waals surface area contributed by atoms with Crippen molar-refractivity contribution in [3.8, 4) is 11.6 Å². The third kappa shape index (κ3) is 3.08. The first kappa shape index (κ1) is 14.3. The molecule has 20 heavy (non-hydrogen) atoms. The standard InChI is InChI=1S/C14H14BrN3O2/c1-18(2)14(19)9-6-7-12(17-8-9)20-11-5-3-4-10(16)13(11)15/h3-8H,16H2,1-2H3. The van der Waals surface area contributed by atoms with E-state index >= 15 is 0 Å². The van der Waals surface area contributed by atoms with Crippen LogP contribution in [0.3, 0.4) is 0 Å². The van der Waals surface area contributed by atoms with Crippen molar-refractivity contribution >= 4 is 27.5 Å². The Kier molecular flexibility index (Phi) is 4.24. The monoisotopic (exact) mass is 335 g/mol. The van der Waals surface area contributed by atoms with Crippen LogP contribution < -0.4 is 10.5 Å². The Hall–Kier alpha value is -2.08. The van der Waals surface area contributed by atoms with Gasteiger partial charge in [0.05, 0.1) is 10.0 Å². The minimum Gasteiger partial charge on any atom is -0.438 e. The summed E-state index contributed by atoms with van der Waals surface area (Å²) in [5.74, 6) is 0.866. The van der Waals surface area contributed by atoms with Crippen LogP contribution in [-0.2, 0) is 0 Å². The van der Waals surface area contributed by atoms with E-state index in [1.165, 1.54) is 11.1 Å². The number of pyridine rings is 1. The highest BCUT2D eigenvalue weighted by atomic mass is 79.9. The Morgan fingerprint density at radius 3 is 2.65 bits per heavy atom. The Morgan fingerprint density at radius 2 is 2.05 bits per heavy atom. The zero-order valence-electron chi connectivity index (χ0n) is 11.1. The van der Waals surface area contributed by atoms with Gasteiger partial charge in [-0.2, -0.15) is 0 Å². The van der Waals surface area contributed by atoms with Crippen molar-refractivity contribution < 1.29 is 9.53 Å². The molecule has 1 heterocycles. The molecule has 6 heteroatoms. The van der Waals surface area contributed by atoms with E-state index in [0.717, 1.165) is 0 Å². The molecule has 1 aromatic carbocycles. The van der Waals surface area contributed by atoms with Gasteiger partial charge in [-0.05, 0) is 34.1 Å². The number of carbonyl (C=O) groups is 1. The normalized spacial score (nSPS) is 10.2. The number of aromatic nitrogens is 1. The maximum absolute atomic E-state index is 11.7. The summed E-state index contributed by atoms with van der Waals surface area (Å²) in [6.45, 7) is 0. The second-order valence-corrected chi connectivity index (χ2v) is 5.14. The molecule has 5 nitrogen and oxygen atoms in total. The molecule has 1 aromatic heterocycles. The molecule has 0 fully saturated rings. The van der Waals surface area contributed by atoms with Gasteiger partial charge in [-0.25, -0.2) is 4.98 Å². The summed E-state index contributed by atoms with van der Waals surface area (Å²) in [6.07, 6.45) is 1.48. The molecule has 0 bridgehead atoms. The molecule has 0 radical (unpaired) electrons. The maximum Gasteiger partial charge on any atom is 0.254 e. The second-order valence-electron chi connectivity index (χ2n) is 4.35. The quantitative estimate of drug-likeness (QED) is 0.875. The molecule has 0 saturated carbocycles. The van der Waals surface area contributed by atoms with E-state index < -0.39 is 0 Å². The number of anilines is 1. The Labute approximate surface area is 125 Å². The molecule has 0 aliphatic rings. The van der Waals surface area contributed by atoms with E-state index in [1.807, 2.05) is 0 Å². The van der Waals surface area contributed by atoms with Gasteiger partial charge >= 0.3 is 0 Å². The van der Waals surface area contributed by atoms with Crippen LogP contribution in [-0.4, -0.2) is 29.9 Å². The highest BCUT2D eigenvalue weighted by Gasteiger charge is 2.10. The molecule has 0 unspecified atom stereocenters. The fourth-order valence-corrected chi connectivity index (χ4v) is 1.89. The van der Waals surface area contributed by atoms with Gasteiger partial charge in [-0.15, -0.1) is 0 Å². The fourth-order valence-electron chi connectivity index (χ4n) is 1.54. The van der Waals surface area contributed by atoms with Gasteiger partial charge in [0.25, 0.3) is 5.91 Å². The second kappa shape index (κ2) is 5.92. The number of ether oxygens (including phenoxy) is 1. The van der Waals surface area contributed by atoms with Crippen LogP contribution in [0, 0.1) is 0 Å². The number of benzene rings is 1. The number of hydrogen-bond acceptors (Lipinski definition) is 4. The van der Waals surface area contributed by atoms with Crippen LogP contribution >= 0.6 is 15.9 Å². The lowest BCUT2D eigenvalue weighted by Crippen LogP contribution is -2.21. The minimum atomic E-state index is -0.103. The van der Waals surface area contributed by atoms with Crippen molar-refractivity contribution in [2.24, 2.45) is 0 Å². The third-order valence-corrected chi connectivity index (χ3v) is 3.45. The first-order valence-corrected chi connectivity index (χ1v) is 6.68. The summed E-state index contributed by atoms with van der Waals surface area (Å²) in [5, 5.41) is 0. The summed E-state index contributed by atoms with van der Waals surface area (Å²) in [7, 11) is 3.38. The van der Waals surface area contributed by atoms with E-state index in [1.54, 1.807) is 44.4 Å². The smallest absolute Gasteiger partial charge is 0.254 e. The molecular weight excluding hydrogens is 322 g/mol. The van der Waals surface area contributed by atoms with Gasteiger partial charge in [-0.3, -0.25) is 4.79 Å². The fraction of sp³-hybridized carbons (Fsp3) is 0.143. The lowest BCUT2D eigenvalue weighted by Gasteiger charge is -2.11. The lowest BCUT2D eigenvalue weighted by atomic mass is 10.2. The highest BCUT2D eigenvalue weighted by molar-refractivity contribution is 9.10. The Morgan fingerprint density at radius 1 is 1.30 bits per heavy atom. The third-order valence-electron chi connectivity index (χ3n) is 2.60. The van der Waals surface area contributed by atoms with Crippen LogP contribution in [0.2, 0.25) is 0 Å². The van der Waals surface area contributed by atoms with E-state index in [4.69, 9.17) is 10.5 Å². The number of carbonyl (C=O) groups excluding carboxylic acids is 1. The topological polar surface area (TPSA) is 68.5 Å². The summed E-state index contributed by atoms with van der Waals surface area (Å²) >= 11 is 3.36. The van der Waals surface area contributed by atoms with Gasteiger partial charge in [0.1, 0.15) is 5.75 Å². The SMILES string of the molecule is CN(C)C(=O)c1ccc(Oc2cccc(N)c2Br)nc1. The number of amides is 1. The lowest BCUT2D eigenvalue weighted by molar-refractivity contribution is 0.0827. The van der Waals surface area contributed by atoms with Crippen LogP contribution in [0.4, 0.5) is 5.69 Å². The van der Waals surface area contributed by atoms with E-state index in [9.17, 15) is 4.79 Å². The number of nitrogens with two attached hydrogens (primary N) is 1. The molecule has 2 N–H and O–H groups in total. The van der Waals surface area contributed by atoms with E-state index in [-0.39, 0.29) is 5.91 Å². The Bertz CT molecular complexity index is 627.